The quantitative estimate of drug-likeness (QED) is 0.484. The fourth-order valence-corrected chi connectivity index (χ4v) is 4.89. The van der Waals surface area contributed by atoms with Gasteiger partial charge in [-0.25, -0.2) is 8.42 Å². The fourth-order valence-electron chi connectivity index (χ4n) is 3.51. The van der Waals surface area contributed by atoms with Crippen LogP contribution in [-0.4, -0.2) is 36.9 Å². The van der Waals surface area contributed by atoms with Gasteiger partial charge in [0.2, 0.25) is 10.0 Å². The number of sulfonamides is 1. The highest BCUT2D eigenvalue weighted by Crippen LogP contribution is 2.34. The van der Waals surface area contributed by atoms with Crippen LogP contribution >= 0.6 is 0 Å². The molecule has 3 aromatic carbocycles. The van der Waals surface area contributed by atoms with Crippen LogP contribution in [0, 0.1) is 0 Å². The molecule has 1 unspecified atom stereocenters. The monoisotopic (exact) mass is 423 g/mol. The van der Waals surface area contributed by atoms with E-state index in [1.165, 1.54) is 19.2 Å². The maximum atomic E-state index is 12.9. The van der Waals surface area contributed by atoms with Crippen molar-refractivity contribution in [3.63, 3.8) is 0 Å². The summed E-state index contributed by atoms with van der Waals surface area (Å²) in [5.74, 6) is -1.05. The number of furan rings is 1. The van der Waals surface area contributed by atoms with E-state index in [1.54, 1.807) is 13.0 Å². The molecule has 1 atom stereocenters. The van der Waals surface area contributed by atoms with Gasteiger partial charge < -0.3 is 9.52 Å². The number of hydrogen-bond acceptors (Lipinski definition) is 4. The topological polar surface area (TPSA) is 87.8 Å². The fraction of sp³-hybridized carbons (Fsp3) is 0.174. The molecule has 0 aliphatic heterocycles. The molecular formula is C23H21NO5S. The first-order chi connectivity index (χ1) is 14.3. The van der Waals surface area contributed by atoms with Crippen LogP contribution in [0.5, 0.6) is 0 Å². The van der Waals surface area contributed by atoms with Gasteiger partial charge in [0.05, 0.1) is 11.3 Å². The lowest BCUT2D eigenvalue weighted by Crippen LogP contribution is -2.36. The molecule has 0 saturated heterocycles. The molecule has 6 nitrogen and oxygen atoms in total. The molecule has 154 valence electrons. The summed E-state index contributed by atoms with van der Waals surface area (Å²) in [7, 11) is -2.47. The summed E-state index contributed by atoms with van der Waals surface area (Å²) in [6, 6.07) is 20.0. The molecule has 0 bridgehead atoms. The maximum absolute atomic E-state index is 12.9. The highest BCUT2D eigenvalue weighted by atomic mass is 32.2. The first kappa shape index (κ1) is 20.1. The first-order valence-electron chi connectivity index (χ1n) is 9.49. The van der Waals surface area contributed by atoms with Gasteiger partial charge in [-0.1, -0.05) is 36.4 Å². The summed E-state index contributed by atoms with van der Waals surface area (Å²) in [6.07, 6.45) is -0.273. The third kappa shape index (κ3) is 3.58. The van der Waals surface area contributed by atoms with Crippen molar-refractivity contribution in [2.45, 2.75) is 24.3 Å². The highest BCUT2D eigenvalue weighted by molar-refractivity contribution is 7.89. The average Bonchev–Trinajstić information content (AvgIpc) is 3.10. The van der Waals surface area contributed by atoms with E-state index < -0.39 is 22.0 Å². The van der Waals surface area contributed by atoms with Crippen molar-refractivity contribution in [2.24, 2.45) is 0 Å². The van der Waals surface area contributed by atoms with Gasteiger partial charge in [0, 0.05) is 29.9 Å². The molecule has 0 amide bonds. The average molecular weight is 423 g/mol. The van der Waals surface area contributed by atoms with Gasteiger partial charge in [-0.3, -0.25) is 4.79 Å². The lowest BCUT2D eigenvalue weighted by molar-refractivity contribution is -0.137. The van der Waals surface area contributed by atoms with Crippen LogP contribution < -0.4 is 0 Å². The van der Waals surface area contributed by atoms with Gasteiger partial charge in [-0.2, -0.15) is 4.31 Å². The van der Waals surface area contributed by atoms with Gasteiger partial charge in [0.1, 0.15) is 11.2 Å². The van der Waals surface area contributed by atoms with Gasteiger partial charge >= 0.3 is 5.97 Å². The number of carbonyl (C=O) groups is 1. The third-order valence-electron chi connectivity index (χ3n) is 5.32. The zero-order chi connectivity index (χ0) is 21.5. The molecule has 1 N–H and O–H groups in total. The van der Waals surface area contributed by atoms with E-state index in [0.717, 1.165) is 26.2 Å². The predicted octanol–water partition coefficient (Wildman–Crippen LogP) is 4.74. The normalized spacial score (nSPS) is 13.2. The number of benzene rings is 3. The van der Waals surface area contributed by atoms with Crippen molar-refractivity contribution < 1.29 is 22.7 Å². The summed E-state index contributed by atoms with van der Waals surface area (Å²) < 4.78 is 32.9. The van der Waals surface area contributed by atoms with E-state index in [9.17, 15) is 13.2 Å². The molecule has 0 aliphatic carbocycles. The van der Waals surface area contributed by atoms with E-state index in [0.29, 0.717) is 11.2 Å². The molecule has 0 saturated carbocycles. The third-order valence-corrected chi connectivity index (χ3v) is 7.29. The second kappa shape index (κ2) is 7.59. The van der Waals surface area contributed by atoms with Crippen LogP contribution in [0.15, 0.2) is 76.0 Å². The Hall–Kier alpha value is -3.16. The Morgan fingerprint density at radius 3 is 2.40 bits per heavy atom. The Labute approximate surface area is 174 Å². The summed E-state index contributed by atoms with van der Waals surface area (Å²) in [4.78, 5) is 11.0. The van der Waals surface area contributed by atoms with Crippen LogP contribution in [0.2, 0.25) is 0 Å². The number of rotatable bonds is 6. The van der Waals surface area contributed by atoms with Gasteiger partial charge in [0.15, 0.2) is 0 Å². The lowest BCUT2D eigenvalue weighted by Gasteiger charge is -2.23. The van der Waals surface area contributed by atoms with Crippen LogP contribution in [-0.2, 0) is 14.8 Å². The van der Waals surface area contributed by atoms with Gasteiger partial charge in [0.25, 0.3) is 0 Å². The molecule has 0 fully saturated rings. The predicted molar refractivity (Wildman–Crippen MR) is 116 cm³/mol. The summed E-state index contributed by atoms with van der Waals surface area (Å²) >= 11 is 0. The molecule has 4 aromatic rings. The van der Waals surface area contributed by atoms with E-state index in [1.807, 2.05) is 48.5 Å². The second-order valence-electron chi connectivity index (χ2n) is 7.31. The molecule has 0 spiro atoms. The minimum absolute atomic E-state index is 0.0667. The molecular weight excluding hydrogens is 402 g/mol. The minimum atomic E-state index is -3.85. The number of hydrogen-bond donors (Lipinski definition) is 1. The van der Waals surface area contributed by atoms with E-state index in [4.69, 9.17) is 9.52 Å². The van der Waals surface area contributed by atoms with E-state index in [-0.39, 0.29) is 11.3 Å². The van der Waals surface area contributed by atoms with Crippen molar-refractivity contribution in [1.82, 2.24) is 4.31 Å². The van der Waals surface area contributed by atoms with Crippen LogP contribution in [0.1, 0.15) is 13.3 Å². The SMILES string of the molecule is CC(CC(=O)O)N(C)S(=O)(=O)c1ccc2c(c1)oc1ccc(-c3ccccc3)cc12. The molecule has 1 heterocycles. The van der Waals surface area contributed by atoms with E-state index in [2.05, 4.69) is 0 Å². The Kier molecular flexibility index (Phi) is 5.09. The molecule has 30 heavy (non-hydrogen) atoms. The summed E-state index contributed by atoms with van der Waals surface area (Å²) in [6.45, 7) is 1.57. The van der Waals surface area contributed by atoms with Crippen LogP contribution in [0.4, 0.5) is 0 Å². The van der Waals surface area contributed by atoms with Crippen LogP contribution in [0.25, 0.3) is 33.1 Å². The van der Waals surface area contributed by atoms with Crippen molar-refractivity contribution in [1.29, 1.82) is 0 Å². The molecule has 7 heteroatoms. The minimum Gasteiger partial charge on any atom is -0.481 e. The Bertz CT molecular complexity index is 1340. The standard InChI is InChI=1S/C23H21NO5S/c1-15(12-23(25)26)24(2)30(27,28)18-9-10-19-20-13-17(16-6-4-3-5-7-16)8-11-21(20)29-22(19)14-18/h3-11,13-15H,12H2,1-2H3,(H,25,26). The van der Waals surface area contributed by atoms with E-state index >= 15 is 0 Å². The number of nitrogens with zero attached hydrogens (tertiary/aromatic N) is 1. The van der Waals surface area contributed by atoms with Crippen molar-refractivity contribution in [2.75, 3.05) is 7.05 Å². The Balaban J connectivity index is 1.76. The zero-order valence-electron chi connectivity index (χ0n) is 16.6. The lowest BCUT2D eigenvalue weighted by atomic mass is 10.0. The second-order valence-corrected chi connectivity index (χ2v) is 9.30. The Morgan fingerprint density at radius 1 is 0.967 bits per heavy atom. The smallest absolute Gasteiger partial charge is 0.304 e. The molecule has 4 rings (SSSR count). The van der Waals surface area contributed by atoms with Crippen molar-refractivity contribution >= 4 is 37.9 Å². The maximum Gasteiger partial charge on any atom is 0.304 e. The Morgan fingerprint density at radius 2 is 1.70 bits per heavy atom. The number of carboxylic acid groups (broad SMARTS) is 1. The molecule has 0 radical (unpaired) electrons. The van der Waals surface area contributed by atoms with Gasteiger partial charge in [-0.05, 0) is 42.3 Å². The summed E-state index contributed by atoms with van der Waals surface area (Å²) in [5.41, 5.74) is 3.27. The van der Waals surface area contributed by atoms with Crippen molar-refractivity contribution in [3.05, 3.63) is 66.7 Å². The number of fused-ring (bicyclic) bond motifs is 3. The first-order valence-corrected chi connectivity index (χ1v) is 10.9. The number of carboxylic acids is 1. The van der Waals surface area contributed by atoms with Crippen LogP contribution in [0.3, 0.4) is 0 Å². The summed E-state index contributed by atoms with van der Waals surface area (Å²) in [5, 5.41) is 10.7. The highest BCUT2D eigenvalue weighted by Gasteiger charge is 2.27. The zero-order valence-corrected chi connectivity index (χ0v) is 17.4. The molecule has 0 aliphatic rings. The molecule has 1 aromatic heterocycles. The largest absolute Gasteiger partial charge is 0.481 e. The van der Waals surface area contributed by atoms with Crippen molar-refractivity contribution in [3.8, 4) is 11.1 Å². The number of aliphatic carboxylic acids is 1. The van der Waals surface area contributed by atoms with Gasteiger partial charge in [-0.15, -0.1) is 0 Å².